The van der Waals surface area contributed by atoms with Crippen molar-refractivity contribution < 1.29 is 0 Å². The molecule has 0 heterocycles. The first-order valence-electron chi connectivity index (χ1n) is 2.78. The zero-order valence-corrected chi connectivity index (χ0v) is 8.05. The number of halogens is 3. The Kier molecular flexibility index (Phi) is 5.56. The third-order valence-electron chi connectivity index (χ3n) is 1.03. The molecule has 0 aliphatic carbocycles. The van der Waals surface area contributed by atoms with Crippen molar-refractivity contribution >= 4 is 40.8 Å². The maximum atomic E-state index is 6.00. The van der Waals surface area contributed by atoms with Gasteiger partial charge in [-0.3, -0.25) is 0 Å². The van der Waals surface area contributed by atoms with E-state index in [1.54, 1.807) is 18.2 Å². The Labute approximate surface area is 85.1 Å². The van der Waals surface area contributed by atoms with Gasteiger partial charge in [0.05, 0.1) is 10.7 Å². The Balaban J connectivity index is 0.000000561. The van der Waals surface area contributed by atoms with Gasteiger partial charge in [-0.2, -0.15) is 3.94 Å². The van der Waals surface area contributed by atoms with Crippen LogP contribution in [-0.4, -0.2) is 0 Å². The largest absolute Gasteiger partial charge is 0.192 e. The van der Waals surface area contributed by atoms with Crippen LogP contribution in [0.5, 0.6) is 0 Å². The fraction of sp³-hybridized carbons (Fsp3) is 0. The molecule has 0 saturated carbocycles. The van der Waals surface area contributed by atoms with Crippen LogP contribution in [0, 0.1) is 10.8 Å². The van der Waals surface area contributed by atoms with Crippen molar-refractivity contribution in [1.82, 2.24) is 0 Å². The molecule has 0 saturated heterocycles. The van der Waals surface area contributed by atoms with Gasteiger partial charge in [-0.1, -0.05) is 23.7 Å². The van der Waals surface area contributed by atoms with Gasteiger partial charge in [-0.05, 0) is 12.1 Å². The van der Waals surface area contributed by atoms with E-state index < -0.39 is 0 Å². The summed E-state index contributed by atoms with van der Waals surface area (Å²) < 4.78 is 0.933. The van der Waals surface area contributed by atoms with E-state index in [9.17, 15) is 0 Å². The minimum absolute atomic E-state index is 0.535. The van der Waals surface area contributed by atoms with Crippen molar-refractivity contribution in [2.24, 2.45) is 0 Å². The molecule has 0 bridgehead atoms. The minimum atomic E-state index is 0.535. The molecule has 0 N–H and O–H groups in total. The van der Waals surface area contributed by atoms with Crippen molar-refractivity contribution in [1.29, 1.82) is 10.8 Å². The van der Waals surface area contributed by atoms with Crippen molar-refractivity contribution in [2.45, 2.75) is 0 Å². The molecule has 0 radical (unpaired) electrons. The summed E-state index contributed by atoms with van der Waals surface area (Å²) in [5, 5.41) is 12.5. The van der Waals surface area contributed by atoms with E-state index in [0.29, 0.717) is 10.7 Å². The molecule has 0 spiro atoms. The van der Waals surface area contributed by atoms with Crippen molar-refractivity contribution in [3.05, 3.63) is 29.3 Å². The number of rotatable bonds is 1. The molecular weight excluding hydrogens is 220 g/mol. The third-order valence-corrected chi connectivity index (χ3v) is 1.72. The number of hydrogen-bond acceptors (Lipinski definition) is 3. The predicted molar refractivity (Wildman–Crippen MR) is 49.1 cm³/mol. The van der Waals surface area contributed by atoms with Crippen LogP contribution in [0.15, 0.2) is 24.3 Å². The lowest BCUT2D eigenvalue weighted by Crippen LogP contribution is -1.91. The number of nitrogens with zero attached hydrogens (tertiary/aromatic N) is 3. The van der Waals surface area contributed by atoms with Gasteiger partial charge in [0.25, 0.3) is 0 Å². The molecule has 0 unspecified atom stereocenters. The highest BCUT2D eigenvalue weighted by atomic mass is 35.5. The van der Waals surface area contributed by atoms with Crippen LogP contribution in [0.25, 0.3) is 0 Å². The highest BCUT2D eigenvalue weighted by Crippen LogP contribution is 2.27. The normalized spacial score (nSPS) is 8.08. The van der Waals surface area contributed by atoms with Crippen molar-refractivity contribution in [2.75, 3.05) is 3.94 Å². The second-order valence-electron chi connectivity index (χ2n) is 1.68. The molecular formula is C6H4Cl3N3. The summed E-state index contributed by atoms with van der Waals surface area (Å²) >= 11 is 16.6. The van der Waals surface area contributed by atoms with Crippen LogP contribution >= 0.6 is 35.2 Å². The Morgan fingerprint density at radius 1 is 1.08 bits per heavy atom. The average molecular weight is 224 g/mol. The summed E-state index contributed by atoms with van der Waals surface area (Å²) in [5.74, 6) is 0. The maximum absolute atomic E-state index is 6.00. The first-order chi connectivity index (χ1) is 5.72. The SMILES string of the molecule is Clc1ccccc1N(Cl)Cl.N#N. The maximum Gasteiger partial charge on any atom is 0.0895 e. The summed E-state index contributed by atoms with van der Waals surface area (Å²) in [6, 6.07) is 7.05. The van der Waals surface area contributed by atoms with Crippen molar-refractivity contribution in [3.63, 3.8) is 0 Å². The minimum Gasteiger partial charge on any atom is -0.192 e. The number of para-hydroxylation sites is 1. The summed E-state index contributed by atoms with van der Waals surface area (Å²) in [4.78, 5) is 0. The van der Waals surface area contributed by atoms with E-state index in [2.05, 4.69) is 0 Å². The molecule has 1 aromatic rings. The summed E-state index contributed by atoms with van der Waals surface area (Å²) in [6.45, 7) is 0. The van der Waals surface area contributed by atoms with Gasteiger partial charge in [0.2, 0.25) is 0 Å². The summed E-state index contributed by atoms with van der Waals surface area (Å²) in [6.07, 6.45) is 0. The second kappa shape index (κ2) is 5.90. The van der Waals surface area contributed by atoms with Crippen LogP contribution in [0.4, 0.5) is 5.69 Å². The molecule has 0 aliphatic rings. The van der Waals surface area contributed by atoms with Gasteiger partial charge in [-0.15, -0.1) is 0 Å². The molecule has 0 aromatic heterocycles. The third kappa shape index (κ3) is 3.14. The molecule has 1 aromatic carbocycles. The zero-order chi connectivity index (χ0) is 9.56. The summed E-state index contributed by atoms with van der Waals surface area (Å²) in [7, 11) is 0. The van der Waals surface area contributed by atoms with Crippen LogP contribution < -0.4 is 3.94 Å². The van der Waals surface area contributed by atoms with E-state index in [4.69, 9.17) is 45.9 Å². The molecule has 64 valence electrons. The van der Waals surface area contributed by atoms with Gasteiger partial charge >= 0.3 is 0 Å². The zero-order valence-electron chi connectivity index (χ0n) is 5.78. The Bertz CT molecular complexity index is 261. The molecule has 0 aliphatic heterocycles. The van der Waals surface area contributed by atoms with Crippen LogP contribution in [-0.2, 0) is 0 Å². The lowest BCUT2D eigenvalue weighted by Gasteiger charge is -2.05. The molecule has 3 nitrogen and oxygen atoms in total. The number of hydrogen-bond donors (Lipinski definition) is 0. The topological polar surface area (TPSA) is 50.8 Å². The van der Waals surface area contributed by atoms with Crippen LogP contribution in [0.2, 0.25) is 5.02 Å². The highest BCUT2D eigenvalue weighted by molar-refractivity contribution is 6.51. The van der Waals surface area contributed by atoms with E-state index in [1.807, 2.05) is 6.07 Å². The Morgan fingerprint density at radius 2 is 1.58 bits per heavy atom. The lowest BCUT2D eigenvalue weighted by molar-refractivity contribution is 1.15. The standard InChI is InChI=1S/C6H4Cl3N.N2/c7-5-3-1-2-4-6(5)10(8)9;1-2/h1-4H;. The van der Waals surface area contributed by atoms with Crippen molar-refractivity contribution in [3.8, 4) is 0 Å². The average Bonchev–Trinajstić information content (AvgIpc) is 2.08. The smallest absolute Gasteiger partial charge is 0.0895 e. The van der Waals surface area contributed by atoms with E-state index >= 15 is 0 Å². The van der Waals surface area contributed by atoms with Gasteiger partial charge in [-0.25, -0.2) is 0 Å². The summed E-state index contributed by atoms with van der Waals surface area (Å²) in [5.41, 5.74) is 0.590. The Morgan fingerprint density at radius 3 is 1.92 bits per heavy atom. The molecule has 0 fully saturated rings. The van der Waals surface area contributed by atoms with Gasteiger partial charge in [0, 0.05) is 34.3 Å². The quantitative estimate of drug-likeness (QED) is 0.542. The van der Waals surface area contributed by atoms with E-state index in [1.165, 1.54) is 0 Å². The van der Waals surface area contributed by atoms with Gasteiger partial charge in [0.1, 0.15) is 0 Å². The first kappa shape index (κ1) is 11.3. The fourth-order valence-corrected chi connectivity index (χ4v) is 1.19. The Hall–Kier alpha value is -0.690. The van der Waals surface area contributed by atoms with Gasteiger partial charge < -0.3 is 0 Å². The number of anilines is 1. The molecule has 12 heavy (non-hydrogen) atoms. The first-order valence-corrected chi connectivity index (χ1v) is 3.83. The fourth-order valence-electron chi connectivity index (χ4n) is 0.589. The molecule has 6 heteroatoms. The molecule has 0 atom stereocenters. The highest BCUT2D eigenvalue weighted by Gasteiger charge is 2.02. The monoisotopic (exact) mass is 223 g/mol. The second-order valence-corrected chi connectivity index (χ2v) is 2.94. The lowest BCUT2D eigenvalue weighted by atomic mass is 10.3. The molecule has 1 rings (SSSR count). The molecule has 0 amide bonds. The van der Waals surface area contributed by atoms with E-state index in [0.717, 1.165) is 3.94 Å². The van der Waals surface area contributed by atoms with Gasteiger partial charge in [0.15, 0.2) is 0 Å². The van der Waals surface area contributed by atoms with Crippen LogP contribution in [0.3, 0.4) is 0 Å². The predicted octanol–water partition coefficient (Wildman–Crippen LogP) is 3.48. The number of benzene rings is 1. The van der Waals surface area contributed by atoms with E-state index in [-0.39, 0.29) is 0 Å². The van der Waals surface area contributed by atoms with Crippen LogP contribution in [0.1, 0.15) is 0 Å².